The number of nitrogens with zero attached hydrogens (tertiary/aromatic N) is 1. The molecule has 0 aliphatic heterocycles. The molecule has 0 aliphatic carbocycles. The first-order valence-electron chi connectivity index (χ1n) is 9.79. The van der Waals surface area contributed by atoms with Crippen LogP contribution in [0.5, 0.6) is 17.2 Å². The number of methoxy groups -OCH3 is 3. The van der Waals surface area contributed by atoms with Gasteiger partial charge in [0, 0.05) is 24.7 Å². The molecule has 0 heterocycles. The molecule has 0 aromatic heterocycles. The van der Waals surface area contributed by atoms with Crippen molar-refractivity contribution in [1.29, 1.82) is 0 Å². The van der Waals surface area contributed by atoms with Gasteiger partial charge in [-0.05, 0) is 45.1 Å². The lowest BCUT2D eigenvalue weighted by Crippen LogP contribution is -2.42. The van der Waals surface area contributed by atoms with Gasteiger partial charge in [-0.3, -0.25) is 4.99 Å². The third-order valence-corrected chi connectivity index (χ3v) is 4.34. The number of halogens is 1. The van der Waals surface area contributed by atoms with Crippen molar-refractivity contribution in [3.05, 3.63) is 17.7 Å². The number of aliphatic imine (C=N–C) groups is 1. The molecule has 0 radical (unpaired) electrons. The lowest BCUT2D eigenvalue weighted by Gasteiger charge is -2.19. The van der Waals surface area contributed by atoms with Gasteiger partial charge in [-0.1, -0.05) is 19.9 Å². The summed E-state index contributed by atoms with van der Waals surface area (Å²) in [4.78, 5) is 4.72. The monoisotopic (exact) mass is 507 g/mol. The lowest BCUT2D eigenvalue weighted by molar-refractivity contribution is 0.322. The minimum atomic E-state index is 0. The Hall–Kier alpha value is -1.38. The van der Waals surface area contributed by atoms with Crippen molar-refractivity contribution in [3.8, 4) is 17.2 Å². The molecule has 162 valence electrons. The Morgan fingerprint density at radius 1 is 1.00 bits per heavy atom. The van der Waals surface area contributed by atoms with Crippen LogP contribution in [0.4, 0.5) is 0 Å². The molecule has 1 aromatic carbocycles. The molecule has 1 atom stereocenters. The average molecular weight is 507 g/mol. The summed E-state index contributed by atoms with van der Waals surface area (Å²) in [6, 6.07) is 4.29. The van der Waals surface area contributed by atoms with E-state index in [1.54, 1.807) is 21.3 Å². The van der Waals surface area contributed by atoms with E-state index in [1.807, 2.05) is 12.1 Å². The molecule has 6 nitrogen and oxygen atoms in total. The highest BCUT2D eigenvalue weighted by Gasteiger charge is 2.15. The zero-order valence-electron chi connectivity index (χ0n) is 18.4. The Kier molecular flexibility index (Phi) is 13.9. The smallest absolute Gasteiger partial charge is 0.203 e. The number of nitrogens with one attached hydrogen (secondary N) is 2. The van der Waals surface area contributed by atoms with Crippen LogP contribution in [0, 0.1) is 5.92 Å². The van der Waals surface area contributed by atoms with Gasteiger partial charge in [0.1, 0.15) is 0 Å². The van der Waals surface area contributed by atoms with Gasteiger partial charge in [0.25, 0.3) is 0 Å². The van der Waals surface area contributed by atoms with Crippen molar-refractivity contribution in [2.24, 2.45) is 10.9 Å². The second-order valence-corrected chi connectivity index (χ2v) is 7.02. The zero-order valence-corrected chi connectivity index (χ0v) is 20.8. The van der Waals surface area contributed by atoms with Gasteiger partial charge in [0.05, 0.1) is 21.3 Å². The second-order valence-electron chi connectivity index (χ2n) is 7.02. The van der Waals surface area contributed by atoms with E-state index >= 15 is 0 Å². The largest absolute Gasteiger partial charge is 0.493 e. The lowest BCUT2D eigenvalue weighted by atomic mass is 10.0. The van der Waals surface area contributed by atoms with Crippen LogP contribution in [-0.2, 0) is 6.42 Å². The molecule has 28 heavy (non-hydrogen) atoms. The van der Waals surface area contributed by atoms with Crippen molar-refractivity contribution in [3.63, 3.8) is 0 Å². The van der Waals surface area contributed by atoms with Gasteiger partial charge < -0.3 is 24.8 Å². The van der Waals surface area contributed by atoms with Gasteiger partial charge in [0.15, 0.2) is 17.5 Å². The Bertz CT molecular complexity index is 595. The third kappa shape index (κ3) is 8.75. The molecule has 0 spiro atoms. The molecule has 0 saturated heterocycles. The first-order valence-corrected chi connectivity index (χ1v) is 9.79. The van der Waals surface area contributed by atoms with Gasteiger partial charge in [-0.25, -0.2) is 0 Å². The molecule has 0 fully saturated rings. The zero-order chi connectivity index (χ0) is 20.2. The highest BCUT2D eigenvalue weighted by molar-refractivity contribution is 14.0. The summed E-state index contributed by atoms with van der Waals surface area (Å²) in [5, 5.41) is 6.81. The van der Waals surface area contributed by atoms with Crippen LogP contribution in [0.15, 0.2) is 17.1 Å². The van der Waals surface area contributed by atoms with E-state index in [0.29, 0.717) is 35.8 Å². The molecular formula is C21H38IN3O3. The van der Waals surface area contributed by atoms with Crippen LogP contribution in [0.3, 0.4) is 0 Å². The Morgan fingerprint density at radius 3 is 2.21 bits per heavy atom. The molecule has 0 bridgehead atoms. The summed E-state index contributed by atoms with van der Waals surface area (Å²) < 4.78 is 16.3. The molecule has 1 unspecified atom stereocenters. The van der Waals surface area contributed by atoms with Crippen molar-refractivity contribution < 1.29 is 14.2 Å². The highest BCUT2D eigenvalue weighted by Crippen LogP contribution is 2.39. The minimum Gasteiger partial charge on any atom is -0.493 e. The van der Waals surface area contributed by atoms with E-state index in [1.165, 1.54) is 6.42 Å². The molecule has 0 aliphatic rings. The third-order valence-electron chi connectivity index (χ3n) is 4.34. The average Bonchev–Trinajstić information content (AvgIpc) is 2.65. The first-order chi connectivity index (χ1) is 13.0. The maximum absolute atomic E-state index is 5.55. The molecular weight excluding hydrogens is 469 g/mol. The maximum atomic E-state index is 5.55. The number of ether oxygens (including phenoxy) is 3. The normalized spacial score (nSPS) is 12.2. The van der Waals surface area contributed by atoms with Crippen LogP contribution in [0.2, 0.25) is 0 Å². The van der Waals surface area contributed by atoms with Crippen LogP contribution in [0.1, 0.15) is 46.1 Å². The minimum absolute atomic E-state index is 0. The van der Waals surface area contributed by atoms with Gasteiger partial charge in [-0.2, -0.15) is 0 Å². The van der Waals surface area contributed by atoms with E-state index in [9.17, 15) is 0 Å². The van der Waals surface area contributed by atoms with Crippen molar-refractivity contribution in [2.75, 3.05) is 34.4 Å². The number of guanidine groups is 1. The molecule has 7 heteroatoms. The van der Waals surface area contributed by atoms with Crippen LogP contribution in [0.25, 0.3) is 0 Å². The molecule has 2 N–H and O–H groups in total. The number of hydrogen-bond acceptors (Lipinski definition) is 4. The number of benzene rings is 1. The maximum Gasteiger partial charge on any atom is 0.203 e. The molecule has 0 amide bonds. The molecule has 0 saturated carbocycles. The molecule has 1 aromatic rings. The topological polar surface area (TPSA) is 64.1 Å². The summed E-state index contributed by atoms with van der Waals surface area (Å²) in [6.45, 7) is 10.3. The first kappa shape index (κ1) is 26.6. The van der Waals surface area contributed by atoms with E-state index < -0.39 is 0 Å². The summed E-state index contributed by atoms with van der Waals surface area (Å²) in [7, 11) is 4.89. The van der Waals surface area contributed by atoms with Crippen LogP contribution >= 0.6 is 24.0 Å². The highest BCUT2D eigenvalue weighted by atomic mass is 127. The fourth-order valence-electron chi connectivity index (χ4n) is 2.86. The van der Waals surface area contributed by atoms with Crippen molar-refractivity contribution in [1.82, 2.24) is 10.6 Å². The van der Waals surface area contributed by atoms with Gasteiger partial charge >= 0.3 is 0 Å². The molecule has 1 rings (SSSR count). The standard InChI is InChI=1S/C21H37N3O3.HI/c1-8-22-21(24-16(4)10-9-15(2)3)23-14-13-17-11-12-18(25-5)20(27-7)19(17)26-6;/h11-12,15-16H,8-10,13-14H2,1-7H3,(H2,22,23,24);1H. The number of rotatable bonds is 11. The number of hydrogen-bond donors (Lipinski definition) is 2. The Labute approximate surface area is 187 Å². The summed E-state index contributed by atoms with van der Waals surface area (Å²) in [6.07, 6.45) is 3.09. The summed E-state index contributed by atoms with van der Waals surface area (Å²) >= 11 is 0. The quantitative estimate of drug-likeness (QED) is 0.266. The van der Waals surface area contributed by atoms with E-state index in [0.717, 1.165) is 30.9 Å². The second kappa shape index (κ2) is 14.6. The fourth-order valence-corrected chi connectivity index (χ4v) is 2.86. The van der Waals surface area contributed by atoms with Crippen LogP contribution in [-0.4, -0.2) is 46.4 Å². The van der Waals surface area contributed by atoms with E-state index in [-0.39, 0.29) is 24.0 Å². The summed E-state index contributed by atoms with van der Waals surface area (Å²) in [5.41, 5.74) is 1.04. The fraction of sp³-hybridized carbons (Fsp3) is 0.667. The summed E-state index contributed by atoms with van der Waals surface area (Å²) in [5.74, 6) is 3.55. The predicted molar refractivity (Wildman–Crippen MR) is 128 cm³/mol. The Morgan fingerprint density at radius 2 is 1.68 bits per heavy atom. The van der Waals surface area contributed by atoms with Crippen LogP contribution < -0.4 is 24.8 Å². The van der Waals surface area contributed by atoms with E-state index in [2.05, 4.69) is 38.3 Å². The Balaban J connectivity index is 0.00000729. The predicted octanol–water partition coefficient (Wildman–Crippen LogP) is 4.25. The van der Waals surface area contributed by atoms with Crippen molar-refractivity contribution >= 4 is 29.9 Å². The van der Waals surface area contributed by atoms with E-state index in [4.69, 9.17) is 19.2 Å². The van der Waals surface area contributed by atoms with Crippen molar-refractivity contribution in [2.45, 2.75) is 53.0 Å². The SMILES string of the molecule is CCNC(=NCCc1ccc(OC)c(OC)c1OC)NC(C)CCC(C)C.I. The van der Waals surface area contributed by atoms with Gasteiger partial charge in [-0.15, -0.1) is 24.0 Å². The van der Waals surface area contributed by atoms with Gasteiger partial charge in [0.2, 0.25) is 5.75 Å².